The number of amides is 1. The molecule has 0 unspecified atom stereocenters. The molecule has 0 fully saturated rings. The van der Waals surface area contributed by atoms with E-state index >= 15 is 0 Å². The highest BCUT2D eigenvalue weighted by Gasteiger charge is 2.11. The normalized spacial score (nSPS) is 14.1. The Morgan fingerprint density at radius 2 is 2.08 bits per heavy atom. The van der Waals surface area contributed by atoms with Crippen LogP contribution in [0.5, 0.6) is 0 Å². The molecular formula is C22H23N3O. The number of anilines is 1. The maximum Gasteiger partial charge on any atom is 0.222 e. The second kappa shape index (κ2) is 8.98. The Hall–Kier alpha value is -2.90. The van der Waals surface area contributed by atoms with Crippen LogP contribution in [-0.4, -0.2) is 35.4 Å². The third kappa shape index (κ3) is 5.30. The average Bonchev–Trinajstić information content (AvgIpc) is 2.67. The van der Waals surface area contributed by atoms with Gasteiger partial charge in [-0.2, -0.15) is 0 Å². The van der Waals surface area contributed by atoms with Gasteiger partial charge < -0.3 is 5.32 Å². The molecule has 1 aliphatic rings. The van der Waals surface area contributed by atoms with Crippen molar-refractivity contribution in [3.8, 4) is 11.8 Å². The summed E-state index contributed by atoms with van der Waals surface area (Å²) in [5.74, 6) is 6.77. The number of aromatic nitrogens is 1. The molecule has 0 saturated carbocycles. The Bertz CT molecular complexity index is 829. The van der Waals surface area contributed by atoms with Gasteiger partial charge in [-0.1, -0.05) is 48.2 Å². The summed E-state index contributed by atoms with van der Waals surface area (Å²) in [6, 6.07) is 14.2. The van der Waals surface area contributed by atoms with Crippen LogP contribution in [0.4, 0.5) is 5.82 Å². The first kappa shape index (κ1) is 17.9. The number of carbonyl (C=O) groups excluding carboxylic acids is 1. The highest BCUT2D eigenvalue weighted by atomic mass is 16.1. The average molecular weight is 345 g/mol. The molecule has 0 saturated heterocycles. The molecule has 0 spiro atoms. The lowest BCUT2D eigenvalue weighted by Gasteiger charge is -2.25. The van der Waals surface area contributed by atoms with E-state index in [0.717, 1.165) is 38.0 Å². The van der Waals surface area contributed by atoms with Crippen LogP contribution >= 0.6 is 0 Å². The van der Waals surface area contributed by atoms with E-state index in [1.54, 1.807) is 12.3 Å². The minimum atomic E-state index is -0.123. The Labute approximate surface area is 154 Å². The second-order valence-corrected chi connectivity index (χ2v) is 6.31. The maximum absolute atomic E-state index is 11.0. The SMILES string of the molecule is CC(=O)Nc1ccc(C#CCCN2CC=C(c3ccccc3)CC2)cn1. The van der Waals surface area contributed by atoms with E-state index in [-0.39, 0.29) is 5.91 Å². The van der Waals surface area contributed by atoms with Crippen molar-refractivity contribution in [3.63, 3.8) is 0 Å². The second-order valence-electron chi connectivity index (χ2n) is 6.31. The number of carbonyl (C=O) groups is 1. The smallest absolute Gasteiger partial charge is 0.222 e. The number of nitrogens with one attached hydrogen (secondary N) is 1. The summed E-state index contributed by atoms with van der Waals surface area (Å²) < 4.78 is 0. The number of hydrogen-bond acceptors (Lipinski definition) is 3. The Balaban J connectivity index is 1.45. The van der Waals surface area contributed by atoms with Crippen molar-refractivity contribution in [3.05, 3.63) is 65.9 Å². The Morgan fingerprint density at radius 3 is 2.73 bits per heavy atom. The molecule has 4 heteroatoms. The molecule has 0 aliphatic carbocycles. The summed E-state index contributed by atoms with van der Waals surface area (Å²) in [6.07, 6.45) is 5.94. The third-order valence-corrected chi connectivity index (χ3v) is 4.29. The van der Waals surface area contributed by atoms with Gasteiger partial charge in [-0.25, -0.2) is 4.98 Å². The maximum atomic E-state index is 11.0. The zero-order valence-corrected chi connectivity index (χ0v) is 15.0. The number of pyridine rings is 1. The summed E-state index contributed by atoms with van der Waals surface area (Å²) in [5, 5.41) is 2.65. The molecule has 26 heavy (non-hydrogen) atoms. The van der Waals surface area contributed by atoms with Gasteiger partial charge in [-0.15, -0.1) is 0 Å². The quantitative estimate of drug-likeness (QED) is 0.862. The summed E-state index contributed by atoms with van der Waals surface area (Å²) >= 11 is 0. The van der Waals surface area contributed by atoms with Gasteiger partial charge >= 0.3 is 0 Å². The largest absolute Gasteiger partial charge is 0.311 e. The zero-order valence-electron chi connectivity index (χ0n) is 15.0. The summed E-state index contributed by atoms with van der Waals surface area (Å²) in [6.45, 7) is 4.51. The number of benzene rings is 1. The van der Waals surface area contributed by atoms with Crippen LogP contribution in [0.25, 0.3) is 5.57 Å². The van der Waals surface area contributed by atoms with Crippen molar-refractivity contribution in [2.24, 2.45) is 0 Å². The summed E-state index contributed by atoms with van der Waals surface area (Å²) in [7, 11) is 0. The highest BCUT2D eigenvalue weighted by Crippen LogP contribution is 2.21. The lowest BCUT2D eigenvalue weighted by Crippen LogP contribution is -2.29. The van der Waals surface area contributed by atoms with Gasteiger partial charge in [0.05, 0.1) is 0 Å². The Kier molecular flexibility index (Phi) is 6.19. The van der Waals surface area contributed by atoms with Crippen molar-refractivity contribution >= 4 is 17.3 Å². The van der Waals surface area contributed by atoms with Crippen LogP contribution < -0.4 is 5.32 Å². The first-order chi connectivity index (χ1) is 12.7. The van der Waals surface area contributed by atoms with Crippen molar-refractivity contribution < 1.29 is 4.79 Å². The number of nitrogens with zero attached hydrogens (tertiary/aromatic N) is 2. The fraction of sp³-hybridized carbons (Fsp3) is 0.273. The highest BCUT2D eigenvalue weighted by molar-refractivity contribution is 5.87. The zero-order chi connectivity index (χ0) is 18.2. The molecule has 1 aromatic heterocycles. The molecule has 1 aromatic carbocycles. The van der Waals surface area contributed by atoms with Crippen molar-refractivity contribution in [2.45, 2.75) is 19.8 Å². The molecule has 3 rings (SSSR count). The summed E-state index contributed by atoms with van der Waals surface area (Å²) in [4.78, 5) is 17.6. The van der Waals surface area contributed by atoms with Gasteiger partial charge in [-0.3, -0.25) is 9.69 Å². The molecular weight excluding hydrogens is 322 g/mol. The van der Waals surface area contributed by atoms with Gasteiger partial charge in [0.2, 0.25) is 5.91 Å². The first-order valence-corrected chi connectivity index (χ1v) is 8.90. The fourth-order valence-corrected chi connectivity index (χ4v) is 2.93. The predicted molar refractivity (Wildman–Crippen MR) is 106 cm³/mol. The van der Waals surface area contributed by atoms with Crippen LogP contribution in [0.1, 0.15) is 30.9 Å². The first-order valence-electron chi connectivity index (χ1n) is 8.90. The van der Waals surface area contributed by atoms with Crippen LogP contribution in [0.15, 0.2) is 54.7 Å². The molecule has 4 nitrogen and oxygen atoms in total. The van der Waals surface area contributed by atoms with E-state index in [9.17, 15) is 4.79 Å². The standard InChI is InChI=1S/C22H23N3O/c1-18(26)24-22-11-10-19(17-23-22)7-5-6-14-25-15-12-21(13-16-25)20-8-3-2-4-9-20/h2-4,8-12,17H,6,13-16H2,1H3,(H,23,24,26). The van der Waals surface area contributed by atoms with E-state index in [1.165, 1.54) is 18.1 Å². The van der Waals surface area contributed by atoms with E-state index in [0.29, 0.717) is 5.82 Å². The van der Waals surface area contributed by atoms with Gasteiger partial charge in [0.1, 0.15) is 5.82 Å². The van der Waals surface area contributed by atoms with Crippen LogP contribution in [-0.2, 0) is 4.79 Å². The summed E-state index contributed by atoms with van der Waals surface area (Å²) in [5.41, 5.74) is 3.64. The van der Waals surface area contributed by atoms with Crippen LogP contribution in [0, 0.1) is 11.8 Å². The lowest BCUT2D eigenvalue weighted by atomic mass is 9.99. The molecule has 2 heterocycles. The molecule has 2 aromatic rings. The number of rotatable bonds is 4. The monoisotopic (exact) mass is 345 g/mol. The van der Waals surface area contributed by atoms with Crippen molar-refractivity contribution in [1.29, 1.82) is 0 Å². The van der Waals surface area contributed by atoms with E-state index in [2.05, 4.69) is 63.4 Å². The van der Waals surface area contributed by atoms with E-state index in [4.69, 9.17) is 0 Å². The van der Waals surface area contributed by atoms with Crippen molar-refractivity contribution in [2.75, 3.05) is 25.0 Å². The lowest BCUT2D eigenvalue weighted by molar-refractivity contribution is -0.114. The Morgan fingerprint density at radius 1 is 1.23 bits per heavy atom. The fourth-order valence-electron chi connectivity index (χ4n) is 2.93. The predicted octanol–water partition coefficient (Wildman–Crippen LogP) is 3.57. The van der Waals surface area contributed by atoms with Crippen LogP contribution in [0.3, 0.4) is 0 Å². The molecule has 1 aliphatic heterocycles. The molecule has 0 bridgehead atoms. The van der Waals surface area contributed by atoms with Gasteiger partial charge in [0, 0.05) is 44.7 Å². The minimum absolute atomic E-state index is 0.123. The molecule has 1 N–H and O–H groups in total. The third-order valence-electron chi connectivity index (χ3n) is 4.29. The van der Waals surface area contributed by atoms with Gasteiger partial charge in [0.25, 0.3) is 0 Å². The van der Waals surface area contributed by atoms with Crippen LogP contribution in [0.2, 0.25) is 0 Å². The van der Waals surface area contributed by atoms with E-state index in [1.807, 2.05) is 6.07 Å². The van der Waals surface area contributed by atoms with Gasteiger partial charge in [0.15, 0.2) is 0 Å². The number of hydrogen-bond donors (Lipinski definition) is 1. The molecule has 132 valence electrons. The molecule has 0 atom stereocenters. The minimum Gasteiger partial charge on any atom is -0.311 e. The van der Waals surface area contributed by atoms with E-state index < -0.39 is 0 Å². The topological polar surface area (TPSA) is 45.2 Å². The van der Waals surface area contributed by atoms with Crippen molar-refractivity contribution in [1.82, 2.24) is 9.88 Å². The molecule has 0 radical (unpaired) electrons. The van der Waals surface area contributed by atoms with Gasteiger partial charge in [-0.05, 0) is 29.7 Å². The molecule has 1 amide bonds.